The predicted octanol–water partition coefficient (Wildman–Crippen LogP) is 2.28. The first-order valence-electron chi connectivity index (χ1n) is 4.03. The number of rotatable bonds is 3. The van der Waals surface area contributed by atoms with Crippen molar-refractivity contribution in [2.45, 2.75) is 20.3 Å². The molecule has 0 bridgehead atoms. The molecule has 0 aliphatic rings. The molecule has 0 atom stereocenters. The maximum atomic E-state index is 4.12. The summed E-state index contributed by atoms with van der Waals surface area (Å²) in [5.41, 5.74) is 3.94. The lowest BCUT2D eigenvalue weighted by Crippen LogP contribution is -1.96. The molecular weight excluding hydrogens is 150 g/mol. The lowest BCUT2D eigenvalue weighted by atomic mass is 10.3. The molecule has 0 unspecified atom stereocenters. The van der Waals surface area contributed by atoms with E-state index in [4.69, 9.17) is 0 Å². The number of hydrogen-bond acceptors (Lipinski definition) is 3. The van der Waals surface area contributed by atoms with Crippen molar-refractivity contribution in [1.82, 2.24) is 4.98 Å². The zero-order valence-electron chi connectivity index (χ0n) is 7.41. The van der Waals surface area contributed by atoms with Gasteiger partial charge in [0.25, 0.3) is 0 Å². The lowest BCUT2D eigenvalue weighted by molar-refractivity contribution is 1.18. The first-order chi connectivity index (χ1) is 5.83. The van der Waals surface area contributed by atoms with Gasteiger partial charge in [0, 0.05) is 11.9 Å². The molecule has 1 aromatic heterocycles. The van der Waals surface area contributed by atoms with E-state index in [2.05, 4.69) is 22.4 Å². The van der Waals surface area contributed by atoms with Gasteiger partial charge in [0.15, 0.2) is 0 Å². The van der Waals surface area contributed by atoms with Gasteiger partial charge < -0.3 is 0 Å². The summed E-state index contributed by atoms with van der Waals surface area (Å²) in [6.07, 6.45) is 2.69. The van der Waals surface area contributed by atoms with Gasteiger partial charge in [-0.15, -0.1) is 0 Å². The minimum absolute atomic E-state index is 0.783. The van der Waals surface area contributed by atoms with Gasteiger partial charge >= 0.3 is 0 Å². The van der Waals surface area contributed by atoms with Gasteiger partial charge in [-0.05, 0) is 25.5 Å². The zero-order chi connectivity index (χ0) is 8.81. The summed E-state index contributed by atoms with van der Waals surface area (Å²) in [7, 11) is 0. The molecule has 0 saturated carbocycles. The molecule has 1 N–H and O–H groups in total. The van der Waals surface area contributed by atoms with Crippen LogP contribution in [-0.4, -0.2) is 10.7 Å². The van der Waals surface area contributed by atoms with Gasteiger partial charge in [-0.2, -0.15) is 5.10 Å². The fourth-order valence-corrected chi connectivity index (χ4v) is 0.661. The molecule has 0 radical (unpaired) electrons. The van der Waals surface area contributed by atoms with Crippen molar-refractivity contribution >= 4 is 11.5 Å². The normalized spacial score (nSPS) is 11.3. The number of anilines is 1. The van der Waals surface area contributed by atoms with Gasteiger partial charge in [0.05, 0.1) is 0 Å². The maximum absolute atomic E-state index is 4.12. The van der Waals surface area contributed by atoms with Crippen LogP contribution in [0.3, 0.4) is 0 Å². The van der Waals surface area contributed by atoms with E-state index in [1.807, 2.05) is 25.1 Å². The summed E-state index contributed by atoms with van der Waals surface area (Å²) in [5, 5.41) is 4.12. The molecule has 0 spiro atoms. The van der Waals surface area contributed by atoms with Crippen LogP contribution in [0.5, 0.6) is 0 Å². The van der Waals surface area contributed by atoms with Gasteiger partial charge in [0.2, 0.25) is 0 Å². The van der Waals surface area contributed by atoms with E-state index in [-0.39, 0.29) is 0 Å². The largest absolute Gasteiger partial charge is 0.261 e. The van der Waals surface area contributed by atoms with Gasteiger partial charge in [-0.1, -0.05) is 13.0 Å². The number of aromatic nitrogens is 1. The van der Waals surface area contributed by atoms with E-state index in [9.17, 15) is 0 Å². The molecule has 3 heteroatoms. The van der Waals surface area contributed by atoms with E-state index < -0.39 is 0 Å². The average molecular weight is 163 g/mol. The highest BCUT2D eigenvalue weighted by Crippen LogP contribution is 1.99. The fraction of sp³-hybridized carbons (Fsp3) is 0.333. The minimum Gasteiger partial charge on any atom is -0.261 e. The molecule has 0 aromatic carbocycles. The third kappa shape index (κ3) is 2.70. The van der Waals surface area contributed by atoms with Crippen molar-refractivity contribution in [3.63, 3.8) is 0 Å². The molecule has 0 fully saturated rings. The Bertz CT molecular complexity index is 254. The Morgan fingerprint density at radius 3 is 3.00 bits per heavy atom. The first-order valence-corrected chi connectivity index (χ1v) is 4.03. The molecule has 12 heavy (non-hydrogen) atoms. The van der Waals surface area contributed by atoms with Crippen molar-refractivity contribution < 1.29 is 0 Å². The van der Waals surface area contributed by atoms with Crippen LogP contribution < -0.4 is 5.43 Å². The Kier molecular flexibility index (Phi) is 3.26. The third-order valence-corrected chi connectivity index (χ3v) is 1.54. The SMILES string of the molecule is CC/C(C)=N/Nc1ccccn1. The Morgan fingerprint density at radius 2 is 2.42 bits per heavy atom. The molecular formula is C9H13N3. The van der Waals surface area contributed by atoms with Crippen LogP contribution >= 0.6 is 0 Å². The highest BCUT2D eigenvalue weighted by molar-refractivity contribution is 5.82. The molecule has 0 saturated heterocycles. The third-order valence-electron chi connectivity index (χ3n) is 1.54. The molecule has 1 heterocycles. The summed E-state index contributed by atoms with van der Waals surface area (Å²) in [5.74, 6) is 0.783. The molecule has 0 amide bonds. The zero-order valence-corrected chi connectivity index (χ0v) is 7.41. The van der Waals surface area contributed by atoms with E-state index in [0.29, 0.717) is 0 Å². The summed E-state index contributed by atoms with van der Waals surface area (Å²) >= 11 is 0. The smallest absolute Gasteiger partial charge is 0.146 e. The summed E-state index contributed by atoms with van der Waals surface area (Å²) in [4.78, 5) is 4.07. The van der Waals surface area contributed by atoms with E-state index in [1.165, 1.54) is 0 Å². The Labute approximate surface area is 72.5 Å². The van der Waals surface area contributed by atoms with E-state index in [1.54, 1.807) is 6.20 Å². The highest BCUT2D eigenvalue weighted by Gasteiger charge is 1.87. The summed E-state index contributed by atoms with van der Waals surface area (Å²) in [6.45, 7) is 4.05. The molecule has 1 rings (SSSR count). The number of nitrogens with zero attached hydrogens (tertiary/aromatic N) is 2. The number of hydrogen-bond donors (Lipinski definition) is 1. The van der Waals surface area contributed by atoms with Crippen molar-refractivity contribution in [3.8, 4) is 0 Å². The van der Waals surface area contributed by atoms with Crippen LogP contribution in [0.15, 0.2) is 29.5 Å². The van der Waals surface area contributed by atoms with Gasteiger partial charge in [-0.25, -0.2) is 4.98 Å². The second kappa shape index (κ2) is 4.49. The standard InChI is InChI=1S/C9H13N3/c1-3-8(2)11-12-9-6-4-5-7-10-9/h4-7H,3H2,1-2H3,(H,10,12)/b11-8+. The van der Waals surface area contributed by atoms with Crippen LogP contribution in [-0.2, 0) is 0 Å². The maximum Gasteiger partial charge on any atom is 0.146 e. The van der Waals surface area contributed by atoms with Crippen molar-refractivity contribution in [2.75, 3.05) is 5.43 Å². The number of pyridine rings is 1. The molecule has 0 aliphatic carbocycles. The topological polar surface area (TPSA) is 37.3 Å². The first kappa shape index (κ1) is 8.71. The lowest BCUT2D eigenvalue weighted by Gasteiger charge is -1.98. The number of nitrogens with one attached hydrogen (secondary N) is 1. The Balaban J connectivity index is 2.54. The molecule has 1 aromatic rings. The Hall–Kier alpha value is -1.38. The predicted molar refractivity (Wildman–Crippen MR) is 51.3 cm³/mol. The van der Waals surface area contributed by atoms with Crippen molar-refractivity contribution in [1.29, 1.82) is 0 Å². The van der Waals surface area contributed by atoms with Gasteiger partial charge in [0.1, 0.15) is 5.82 Å². The molecule has 64 valence electrons. The van der Waals surface area contributed by atoms with E-state index in [0.717, 1.165) is 18.0 Å². The molecule has 3 nitrogen and oxygen atoms in total. The quantitative estimate of drug-likeness (QED) is 0.548. The molecule has 0 aliphatic heterocycles. The average Bonchev–Trinajstić information content (AvgIpc) is 2.16. The summed E-state index contributed by atoms with van der Waals surface area (Å²) < 4.78 is 0. The van der Waals surface area contributed by atoms with Crippen molar-refractivity contribution in [2.24, 2.45) is 5.10 Å². The van der Waals surface area contributed by atoms with Crippen LogP contribution in [0.2, 0.25) is 0 Å². The number of hydrazone groups is 1. The van der Waals surface area contributed by atoms with Crippen LogP contribution in [0, 0.1) is 0 Å². The van der Waals surface area contributed by atoms with E-state index >= 15 is 0 Å². The fourth-order valence-electron chi connectivity index (χ4n) is 0.661. The van der Waals surface area contributed by atoms with Crippen molar-refractivity contribution in [3.05, 3.63) is 24.4 Å². The second-order valence-electron chi connectivity index (χ2n) is 2.53. The Morgan fingerprint density at radius 1 is 1.58 bits per heavy atom. The van der Waals surface area contributed by atoms with Crippen LogP contribution in [0.4, 0.5) is 5.82 Å². The minimum atomic E-state index is 0.783. The second-order valence-corrected chi connectivity index (χ2v) is 2.53. The van der Waals surface area contributed by atoms with Gasteiger partial charge in [-0.3, -0.25) is 5.43 Å². The van der Waals surface area contributed by atoms with Crippen LogP contribution in [0.1, 0.15) is 20.3 Å². The monoisotopic (exact) mass is 163 g/mol. The highest BCUT2D eigenvalue weighted by atomic mass is 15.3. The van der Waals surface area contributed by atoms with Crippen LogP contribution in [0.25, 0.3) is 0 Å². The summed E-state index contributed by atoms with van der Waals surface area (Å²) in [6, 6.07) is 5.68.